The highest BCUT2D eigenvalue weighted by molar-refractivity contribution is 14.0. The molecular weight excluding hydrogens is 459 g/mol. The van der Waals surface area contributed by atoms with E-state index in [0.717, 1.165) is 23.6 Å². The number of aryl methyl sites for hydroxylation is 2. The Kier molecular flexibility index (Phi) is 9.84. The molecule has 0 unspecified atom stereocenters. The average Bonchev–Trinajstić information content (AvgIpc) is 2.96. The molecule has 1 heterocycles. The van der Waals surface area contributed by atoms with Crippen molar-refractivity contribution >= 4 is 35.9 Å². The number of aliphatic imine (C=N–C) groups is 1. The first kappa shape index (κ1) is 22.9. The quantitative estimate of drug-likeness (QED) is 0.270. The molecule has 0 saturated heterocycles. The molecular formula is C19H27IN4O3. The van der Waals surface area contributed by atoms with Crippen LogP contribution in [-0.2, 0) is 17.8 Å². The highest BCUT2D eigenvalue weighted by atomic mass is 127. The molecule has 2 rings (SSSR count). The fourth-order valence-electron chi connectivity index (χ4n) is 2.25. The Labute approximate surface area is 177 Å². The van der Waals surface area contributed by atoms with Crippen LogP contribution in [0, 0.1) is 13.8 Å². The average molecular weight is 486 g/mol. The molecule has 0 fully saturated rings. The van der Waals surface area contributed by atoms with Gasteiger partial charge in [0.15, 0.2) is 5.96 Å². The van der Waals surface area contributed by atoms with Crippen LogP contribution in [0.25, 0.3) is 0 Å². The first-order chi connectivity index (χ1) is 12.5. The van der Waals surface area contributed by atoms with Gasteiger partial charge in [-0.25, -0.2) is 14.8 Å². The number of rotatable bonds is 7. The minimum absolute atomic E-state index is 0. The standard InChI is InChI=1S/C19H26N4O3.HI/c1-5-20-19(22-12-17-23-13(3)14(4)26-17)21-11-15-7-9-16(10-8-15)18(24)25-6-2;/h7-10H,5-6,11-12H2,1-4H3,(H2,20,21,22);1H. The summed E-state index contributed by atoms with van der Waals surface area (Å²) in [5, 5.41) is 6.39. The van der Waals surface area contributed by atoms with Gasteiger partial charge < -0.3 is 19.8 Å². The number of carbonyl (C=O) groups excluding carboxylic acids is 1. The maximum Gasteiger partial charge on any atom is 0.338 e. The van der Waals surface area contributed by atoms with Crippen molar-refractivity contribution in [1.82, 2.24) is 15.6 Å². The number of hydrogen-bond acceptors (Lipinski definition) is 5. The van der Waals surface area contributed by atoms with E-state index in [1.807, 2.05) is 32.9 Å². The zero-order valence-electron chi connectivity index (χ0n) is 16.2. The van der Waals surface area contributed by atoms with E-state index in [4.69, 9.17) is 9.15 Å². The monoisotopic (exact) mass is 486 g/mol. The van der Waals surface area contributed by atoms with E-state index in [9.17, 15) is 4.79 Å². The molecule has 7 nitrogen and oxygen atoms in total. The molecule has 0 bridgehead atoms. The molecule has 0 saturated carbocycles. The van der Waals surface area contributed by atoms with Crippen molar-refractivity contribution in [2.24, 2.45) is 4.99 Å². The van der Waals surface area contributed by atoms with Crippen molar-refractivity contribution in [1.29, 1.82) is 0 Å². The van der Waals surface area contributed by atoms with Crippen molar-refractivity contribution < 1.29 is 13.9 Å². The third kappa shape index (κ3) is 7.20. The topological polar surface area (TPSA) is 88.8 Å². The van der Waals surface area contributed by atoms with Crippen LogP contribution in [0.4, 0.5) is 0 Å². The Balaban J connectivity index is 0.00000364. The summed E-state index contributed by atoms with van der Waals surface area (Å²) in [7, 11) is 0. The maximum absolute atomic E-state index is 11.7. The molecule has 0 aliphatic rings. The minimum Gasteiger partial charge on any atom is -0.462 e. The molecule has 0 aliphatic carbocycles. The van der Waals surface area contributed by atoms with Crippen molar-refractivity contribution in [2.45, 2.75) is 40.8 Å². The molecule has 0 aliphatic heterocycles. The van der Waals surface area contributed by atoms with Crippen molar-refractivity contribution in [3.63, 3.8) is 0 Å². The van der Waals surface area contributed by atoms with Gasteiger partial charge in [-0.15, -0.1) is 24.0 Å². The van der Waals surface area contributed by atoms with Gasteiger partial charge in [-0.3, -0.25) is 0 Å². The second-order valence-corrected chi connectivity index (χ2v) is 5.72. The van der Waals surface area contributed by atoms with Gasteiger partial charge in [-0.2, -0.15) is 0 Å². The lowest BCUT2D eigenvalue weighted by molar-refractivity contribution is 0.0526. The van der Waals surface area contributed by atoms with Gasteiger partial charge in [0.25, 0.3) is 0 Å². The van der Waals surface area contributed by atoms with Crippen molar-refractivity contribution in [3.8, 4) is 0 Å². The Hall–Kier alpha value is -2.10. The van der Waals surface area contributed by atoms with Crippen LogP contribution in [0.2, 0.25) is 0 Å². The Morgan fingerprint density at radius 2 is 1.89 bits per heavy atom. The molecule has 148 valence electrons. The number of guanidine groups is 1. The highest BCUT2D eigenvalue weighted by Gasteiger charge is 2.07. The number of hydrogen-bond donors (Lipinski definition) is 2. The SMILES string of the molecule is CCNC(=NCc1ccc(C(=O)OCC)cc1)NCc1nc(C)c(C)o1.I. The van der Waals surface area contributed by atoms with Crippen LogP contribution < -0.4 is 10.6 Å². The summed E-state index contributed by atoms with van der Waals surface area (Å²) in [6, 6.07) is 7.25. The van der Waals surface area contributed by atoms with Gasteiger partial charge in [-0.05, 0) is 45.4 Å². The normalized spacial score (nSPS) is 10.9. The second-order valence-electron chi connectivity index (χ2n) is 5.72. The van der Waals surface area contributed by atoms with Gasteiger partial charge >= 0.3 is 5.97 Å². The van der Waals surface area contributed by atoms with Crippen LogP contribution in [-0.4, -0.2) is 30.1 Å². The zero-order valence-corrected chi connectivity index (χ0v) is 18.5. The molecule has 0 atom stereocenters. The summed E-state index contributed by atoms with van der Waals surface area (Å²) in [6.45, 7) is 9.67. The highest BCUT2D eigenvalue weighted by Crippen LogP contribution is 2.09. The lowest BCUT2D eigenvalue weighted by atomic mass is 10.1. The Morgan fingerprint density at radius 3 is 2.44 bits per heavy atom. The van der Waals surface area contributed by atoms with Gasteiger partial charge in [-0.1, -0.05) is 12.1 Å². The van der Waals surface area contributed by atoms with E-state index in [-0.39, 0.29) is 29.9 Å². The molecule has 2 N–H and O–H groups in total. The minimum atomic E-state index is -0.311. The molecule has 27 heavy (non-hydrogen) atoms. The number of aromatic nitrogens is 1. The number of carbonyl (C=O) groups is 1. The lowest BCUT2D eigenvalue weighted by Gasteiger charge is -2.10. The summed E-state index contributed by atoms with van der Waals surface area (Å²) >= 11 is 0. The lowest BCUT2D eigenvalue weighted by Crippen LogP contribution is -2.36. The van der Waals surface area contributed by atoms with Crippen molar-refractivity contribution in [2.75, 3.05) is 13.2 Å². The van der Waals surface area contributed by atoms with Gasteiger partial charge in [0.1, 0.15) is 5.76 Å². The molecule has 8 heteroatoms. The van der Waals surface area contributed by atoms with E-state index in [2.05, 4.69) is 20.6 Å². The van der Waals surface area contributed by atoms with E-state index in [0.29, 0.717) is 37.1 Å². The van der Waals surface area contributed by atoms with E-state index >= 15 is 0 Å². The van der Waals surface area contributed by atoms with Crippen LogP contribution >= 0.6 is 24.0 Å². The Bertz CT molecular complexity index is 737. The smallest absolute Gasteiger partial charge is 0.338 e. The molecule has 0 radical (unpaired) electrons. The summed E-state index contributed by atoms with van der Waals surface area (Å²) < 4.78 is 10.5. The predicted octanol–water partition coefficient (Wildman–Crippen LogP) is 3.34. The van der Waals surface area contributed by atoms with Gasteiger partial charge in [0.2, 0.25) is 5.89 Å². The summed E-state index contributed by atoms with van der Waals surface area (Å²) in [4.78, 5) is 20.6. The number of nitrogens with one attached hydrogen (secondary N) is 2. The van der Waals surface area contributed by atoms with Crippen LogP contribution in [0.1, 0.15) is 47.1 Å². The van der Waals surface area contributed by atoms with Crippen molar-refractivity contribution in [3.05, 3.63) is 52.7 Å². The van der Waals surface area contributed by atoms with E-state index in [1.54, 1.807) is 19.1 Å². The summed E-state index contributed by atoms with van der Waals surface area (Å²) in [6.07, 6.45) is 0. The summed E-state index contributed by atoms with van der Waals surface area (Å²) in [5.41, 5.74) is 2.43. The van der Waals surface area contributed by atoms with E-state index < -0.39 is 0 Å². The summed E-state index contributed by atoms with van der Waals surface area (Å²) in [5.74, 6) is 1.82. The number of nitrogens with zero attached hydrogens (tertiary/aromatic N) is 2. The van der Waals surface area contributed by atoms with Gasteiger partial charge in [0.05, 0.1) is 31.0 Å². The van der Waals surface area contributed by atoms with Crippen LogP contribution in [0.5, 0.6) is 0 Å². The molecule has 2 aromatic rings. The number of esters is 1. The first-order valence-electron chi connectivity index (χ1n) is 8.74. The van der Waals surface area contributed by atoms with Crippen LogP contribution in [0.15, 0.2) is 33.7 Å². The molecule has 1 aromatic carbocycles. The fraction of sp³-hybridized carbons (Fsp3) is 0.421. The third-order valence-corrected chi connectivity index (χ3v) is 3.71. The maximum atomic E-state index is 11.7. The Morgan fingerprint density at radius 1 is 1.19 bits per heavy atom. The van der Waals surface area contributed by atoms with Crippen LogP contribution in [0.3, 0.4) is 0 Å². The fourth-order valence-corrected chi connectivity index (χ4v) is 2.25. The predicted molar refractivity (Wildman–Crippen MR) is 115 cm³/mol. The second kappa shape index (κ2) is 11.6. The largest absolute Gasteiger partial charge is 0.462 e. The number of benzene rings is 1. The van der Waals surface area contributed by atoms with E-state index in [1.165, 1.54) is 0 Å². The molecule has 0 spiro atoms. The number of oxazole rings is 1. The van der Waals surface area contributed by atoms with Gasteiger partial charge in [0, 0.05) is 6.54 Å². The number of ether oxygens (including phenoxy) is 1. The zero-order chi connectivity index (χ0) is 18.9. The molecule has 0 amide bonds. The third-order valence-electron chi connectivity index (χ3n) is 3.71. The first-order valence-corrected chi connectivity index (χ1v) is 8.74. The molecule has 1 aromatic heterocycles. The number of halogens is 1.